The van der Waals surface area contributed by atoms with Crippen LogP contribution >= 0.6 is 11.8 Å². The number of hydrogen-bond donors (Lipinski definition) is 1. The minimum atomic E-state index is -0.305. The Labute approximate surface area is 95.8 Å². The van der Waals surface area contributed by atoms with Crippen molar-refractivity contribution in [1.82, 2.24) is 20.2 Å². The van der Waals surface area contributed by atoms with Crippen molar-refractivity contribution in [2.45, 2.75) is 16.6 Å². The Morgan fingerprint density at radius 1 is 1.44 bits per heavy atom. The first-order chi connectivity index (χ1) is 7.69. The highest BCUT2D eigenvalue weighted by Crippen LogP contribution is 2.26. The number of hydrogen-bond acceptors (Lipinski definition) is 5. The Morgan fingerprint density at radius 3 is 2.88 bits per heavy atom. The fraction of sp³-hybridized carbons (Fsp3) is 0.222. The number of nitrogens with zero attached hydrogens (tertiary/aromatic N) is 4. The predicted octanol–water partition coefficient (Wildman–Crippen LogP) is 0.959. The smallest absolute Gasteiger partial charge is 0.213 e. The molecule has 2 rings (SSSR count). The van der Waals surface area contributed by atoms with Crippen LogP contribution in [0, 0.1) is 5.82 Å². The van der Waals surface area contributed by atoms with E-state index in [1.54, 1.807) is 7.05 Å². The van der Waals surface area contributed by atoms with E-state index in [0.717, 1.165) is 10.5 Å². The van der Waals surface area contributed by atoms with Crippen LogP contribution in [0.25, 0.3) is 0 Å². The van der Waals surface area contributed by atoms with Crippen molar-refractivity contribution in [3.05, 3.63) is 29.6 Å². The number of aryl methyl sites for hydroxylation is 1. The van der Waals surface area contributed by atoms with Gasteiger partial charge in [-0.05, 0) is 46.0 Å². The van der Waals surface area contributed by atoms with Gasteiger partial charge < -0.3 is 5.73 Å². The molecular weight excluding hydrogens is 229 g/mol. The van der Waals surface area contributed by atoms with Gasteiger partial charge in [-0.15, -0.1) is 5.10 Å². The predicted molar refractivity (Wildman–Crippen MR) is 57.2 cm³/mol. The average molecular weight is 239 g/mol. The van der Waals surface area contributed by atoms with Gasteiger partial charge in [0, 0.05) is 18.5 Å². The van der Waals surface area contributed by atoms with Crippen LogP contribution in [0.2, 0.25) is 0 Å². The third-order valence-corrected chi connectivity index (χ3v) is 2.96. The van der Waals surface area contributed by atoms with E-state index in [1.165, 1.54) is 28.6 Å². The van der Waals surface area contributed by atoms with Gasteiger partial charge in [0.15, 0.2) is 0 Å². The molecule has 16 heavy (non-hydrogen) atoms. The highest BCUT2D eigenvalue weighted by Gasteiger charge is 2.07. The Balaban J connectivity index is 2.28. The van der Waals surface area contributed by atoms with Crippen molar-refractivity contribution >= 4 is 11.8 Å². The molecule has 1 aromatic carbocycles. The molecule has 0 bridgehead atoms. The van der Waals surface area contributed by atoms with Gasteiger partial charge in [-0.1, -0.05) is 0 Å². The largest absolute Gasteiger partial charge is 0.326 e. The molecule has 0 spiro atoms. The second-order valence-electron chi connectivity index (χ2n) is 3.19. The summed E-state index contributed by atoms with van der Waals surface area (Å²) in [5.41, 5.74) is 6.22. The number of halogens is 1. The molecule has 1 aromatic heterocycles. The summed E-state index contributed by atoms with van der Waals surface area (Å²) in [5, 5.41) is 11.6. The molecule has 2 aromatic rings. The van der Waals surface area contributed by atoms with E-state index in [0.29, 0.717) is 11.7 Å². The molecular formula is C9H10FN5S. The van der Waals surface area contributed by atoms with Crippen molar-refractivity contribution in [3.8, 4) is 0 Å². The summed E-state index contributed by atoms with van der Waals surface area (Å²) >= 11 is 1.30. The first-order valence-corrected chi connectivity index (χ1v) is 5.40. The summed E-state index contributed by atoms with van der Waals surface area (Å²) < 4.78 is 14.7. The molecule has 0 fully saturated rings. The van der Waals surface area contributed by atoms with E-state index in [1.807, 2.05) is 6.07 Å². The number of aromatic nitrogens is 4. The summed E-state index contributed by atoms with van der Waals surface area (Å²) in [6, 6.07) is 4.67. The second-order valence-corrected chi connectivity index (χ2v) is 4.23. The summed E-state index contributed by atoms with van der Waals surface area (Å²) in [4.78, 5) is 0.735. The van der Waals surface area contributed by atoms with Crippen LogP contribution in [0.15, 0.2) is 28.3 Å². The van der Waals surface area contributed by atoms with Crippen molar-refractivity contribution in [3.63, 3.8) is 0 Å². The van der Waals surface area contributed by atoms with Gasteiger partial charge in [0.05, 0.1) is 0 Å². The van der Waals surface area contributed by atoms with Gasteiger partial charge in [0.1, 0.15) is 5.82 Å². The lowest BCUT2D eigenvalue weighted by atomic mass is 10.2. The molecule has 0 aliphatic rings. The van der Waals surface area contributed by atoms with E-state index in [-0.39, 0.29) is 5.82 Å². The quantitative estimate of drug-likeness (QED) is 0.864. The third-order valence-electron chi connectivity index (χ3n) is 1.96. The van der Waals surface area contributed by atoms with Gasteiger partial charge in [-0.2, -0.15) is 0 Å². The minimum absolute atomic E-state index is 0.305. The first-order valence-electron chi connectivity index (χ1n) is 4.59. The van der Waals surface area contributed by atoms with Gasteiger partial charge in [0.25, 0.3) is 0 Å². The number of nitrogens with two attached hydrogens (primary N) is 1. The second kappa shape index (κ2) is 4.58. The molecule has 84 valence electrons. The topological polar surface area (TPSA) is 69.6 Å². The monoisotopic (exact) mass is 239 g/mol. The standard InChI is InChI=1S/C9H10FN5S/c1-15-9(12-13-14-15)16-8-3-6(5-11)2-7(10)4-8/h2-4H,5,11H2,1H3. The lowest BCUT2D eigenvalue weighted by Gasteiger charge is -2.03. The van der Waals surface area contributed by atoms with Crippen LogP contribution in [0.4, 0.5) is 4.39 Å². The Morgan fingerprint density at radius 2 is 2.25 bits per heavy atom. The molecule has 0 radical (unpaired) electrons. The number of benzene rings is 1. The SMILES string of the molecule is Cn1nnnc1Sc1cc(F)cc(CN)c1. The molecule has 0 atom stereocenters. The van der Waals surface area contributed by atoms with E-state index in [2.05, 4.69) is 15.5 Å². The van der Waals surface area contributed by atoms with Crippen LogP contribution < -0.4 is 5.73 Å². The maximum absolute atomic E-state index is 13.2. The maximum Gasteiger partial charge on any atom is 0.213 e. The lowest BCUT2D eigenvalue weighted by molar-refractivity contribution is 0.621. The van der Waals surface area contributed by atoms with Crippen LogP contribution in [-0.4, -0.2) is 20.2 Å². The molecule has 0 saturated heterocycles. The summed E-state index contributed by atoms with van der Waals surface area (Å²) in [5.74, 6) is -0.305. The highest BCUT2D eigenvalue weighted by atomic mass is 32.2. The van der Waals surface area contributed by atoms with Crippen LogP contribution in [0.1, 0.15) is 5.56 Å². The van der Waals surface area contributed by atoms with Crippen LogP contribution in [0.3, 0.4) is 0 Å². The molecule has 0 unspecified atom stereocenters. The maximum atomic E-state index is 13.2. The molecule has 1 heterocycles. The van der Waals surface area contributed by atoms with E-state index in [4.69, 9.17) is 5.73 Å². The summed E-state index contributed by atoms with van der Waals surface area (Å²) in [6.45, 7) is 0.308. The zero-order valence-electron chi connectivity index (χ0n) is 8.59. The molecule has 5 nitrogen and oxygen atoms in total. The summed E-state index contributed by atoms with van der Waals surface area (Å²) in [6.07, 6.45) is 0. The van der Waals surface area contributed by atoms with E-state index < -0.39 is 0 Å². The molecule has 2 N–H and O–H groups in total. The third kappa shape index (κ3) is 2.37. The van der Waals surface area contributed by atoms with Crippen LogP contribution in [0.5, 0.6) is 0 Å². The number of rotatable bonds is 3. The van der Waals surface area contributed by atoms with Gasteiger partial charge in [-0.25, -0.2) is 9.07 Å². The Bertz CT molecular complexity index is 498. The highest BCUT2D eigenvalue weighted by molar-refractivity contribution is 7.99. The van der Waals surface area contributed by atoms with Crippen molar-refractivity contribution in [2.75, 3.05) is 0 Å². The van der Waals surface area contributed by atoms with E-state index in [9.17, 15) is 4.39 Å². The minimum Gasteiger partial charge on any atom is -0.326 e. The molecule has 0 aliphatic carbocycles. The molecule has 7 heteroatoms. The first kappa shape index (κ1) is 11.0. The fourth-order valence-electron chi connectivity index (χ4n) is 1.21. The summed E-state index contributed by atoms with van der Waals surface area (Å²) in [7, 11) is 1.73. The van der Waals surface area contributed by atoms with Crippen molar-refractivity contribution in [1.29, 1.82) is 0 Å². The zero-order chi connectivity index (χ0) is 11.5. The molecule has 0 amide bonds. The number of tetrazole rings is 1. The van der Waals surface area contributed by atoms with Crippen LogP contribution in [-0.2, 0) is 13.6 Å². The average Bonchev–Trinajstić information content (AvgIpc) is 2.63. The Hall–Kier alpha value is -1.47. The fourth-order valence-corrected chi connectivity index (χ4v) is 2.05. The van der Waals surface area contributed by atoms with Gasteiger partial charge in [0.2, 0.25) is 5.16 Å². The normalized spacial score (nSPS) is 10.7. The Kier molecular flexibility index (Phi) is 3.16. The van der Waals surface area contributed by atoms with Gasteiger partial charge in [-0.3, -0.25) is 0 Å². The van der Waals surface area contributed by atoms with Gasteiger partial charge >= 0.3 is 0 Å². The van der Waals surface area contributed by atoms with E-state index >= 15 is 0 Å². The molecule has 0 saturated carbocycles. The van der Waals surface area contributed by atoms with Crippen molar-refractivity contribution < 1.29 is 4.39 Å². The van der Waals surface area contributed by atoms with Crippen molar-refractivity contribution in [2.24, 2.45) is 12.8 Å². The molecule has 0 aliphatic heterocycles. The lowest BCUT2D eigenvalue weighted by Crippen LogP contribution is -1.97. The zero-order valence-corrected chi connectivity index (χ0v) is 9.41.